The van der Waals surface area contributed by atoms with E-state index in [0.717, 1.165) is 37.7 Å². The van der Waals surface area contributed by atoms with Crippen molar-refractivity contribution < 1.29 is 24.5 Å². The lowest BCUT2D eigenvalue weighted by Crippen LogP contribution is -2.68. The van der Waals surface area contributed by atoms with Crippen molar-refractivity contribution in [3.63, 3.8) is 0 Å². The quantitative estimate of drug-likeness (QED) is 0.196. The molecule has 248 valence electrons. The van der Waals surface area contributed by atoms with E-state index in [-0.39, 0.29) is 51.0 Å². The minimum Gasteiger partial charge on any atom is -0.504 e. The maximum Gasteiger partial charge on any atom is 0.331 e. The minimum absolute atomic E-state index is 0.00478. The molecule has 5 aliphatic rings. The van der Waals surface area contributed by atoms with Crippen LogP contribution in [0.4, 0.5) is 0 Å². The number of aliphatic hydroxyl groups excluding tert-OH is 1. The standard InChI is InChI=1S/C40H58O5/c1-24(2)26-16-19-38(6)32(42)23-40(8)27(35(26)38)12-14-31-37(5)20-18-33(36(3,4)30(37)17-21-39(31,40)7)45-34(43)15-11-25-10-13-28(41)29(22-25)44-9/h10-11,13,15,22,26-27,30-33,35,41-42H,1,12,14,16-21,23H2,2-9H3/b15-11+/t26-,27-,30+,31+,32-,33-,35+,37-,38+,39+,40+/m0/s1. The Morgan fingerprint density at radius 2 is 1.64 bits per heavy atom. The number of carbonyl (C=O) groups excluding carboxylic acids is 1. The van der Waals surface area contributed by atoms with Gasteiger partial charge >= 0.3 is 5.97 Å². The molecule has 0 spiro atoms. The number of ether oxygens (including phenoxy) is 2. The van der Waals surface area contributed by atoms with Gasteiger partial charge in [0.05, 0.1) is 13.2 Å². The molecular weight excluding hydrogens is 560 g/mol. The van der Waals surface area contributed by atoms with Gasteiger partial charge in [0.1, 0.15) is 6.10 Å². The Hall–Kier alpha value is -2.27. The second kappa shape index (κ2) is 10.9. The van der Waals surface area contributed by atoms with E-state index < -0.39 is 0 Å². The molecule has 0 saturated heterocycles. The third kappa shape index (κ3) is 4.67. The minimum atomic E-state index is -0.319. The maximum absolute atomic E-state index is 13.1. The van der Waals surface area contributed by atoms with Crippen LogP contribution in [-0.2, 0) is 9.53 Å². The number of hydrogen-bond acceptors (Lipinski definition) is 5. The molecule has 0 radical (unpaired) electrons. The molecule has 5 aliphatic carbocycles. The van der Waals surface area contributed by atoms with E-state index in [4.69, 9.17) is 9.47 Å². The molecule has 5 nitrogen and oxygen atoms in total. The Kier molecular flexibility index (Phi) is 7.90. The number of rotatable bonds is 5. The summed E-state index contributed by atoms with van der Waals surface area (Å²) in [4.78, 5) is 13.1. The van der Waals surface area contributed by atoms with E-state index in [9.17, 15) is 15.0 Å². The topological polar surface area (TPSA) is 76.0 Å². The summed E-state index contributed by atoms with van der Waals surface area (Å²) in [6.45, 7) is 21.5. The number of fused-ring (bicyclic) bond motifs is 7. The summed E-state index contributed by atoms with van der Waals surface area (Å²) in [6, 6.07) is 5.03. The lowest BCUT2D eigenvalue weighted by molar-refractivity contribution is -0.262. The highest BCUT2D eigenvalue weighted by molar-refractivity contribution is 5.87. The molecule has 5 fully saturated rings. The summed E-state index contributed by atoms with van der Waals surface area (Å²) in [5.41, 5.74) is 2.38. The average Bonchev–Trinajstić information content (AvgIpc) is 3.34. The van der Waals surface area contributed by atoms with Gasteiger partial charge in [-0.25, -0.2) is 4.79 Å². The zero-order chi connectivity index (χ0) is 32.7. The Bertz CT molecular complexity index is 1380. The first-order chi connectivity index (χ1) is 21.0. The number of aromatic hydroxyl groups is 1. The largest absolute Gasteiger partial charge is 0.504 e. The molecule has 11 atom stereocenters. The second-order valence-corrected chi connectivity index (χ2v) is 17.5. The Balaban J connectivity index is 1.23. The number of allylic oxidation sites excluding steroid dienone is 1. The van der Waals surface area contributed by atoms with Crippen LogP contribution in [-0.4, -0.2) is 35.5 Å². The number of aliphatic hydroxyl groups is 1. The molecule has 6 rings (SSSR count). The van der Waals surface area contributed by atoms with Gasteiger partial charge in [0.15, 0.2) is 11.5 Å². The molecule has 1 aromatic carbocycles. The molecule has 0 unspecified atom stereocenters. The Morgan fingerprint density at radius 3 is 2.33 bits per heavy atom. The second-order valence-electron chi connectivity index (χ2n) is 17.5. The summed E-state index contributed by atoms with van der Waals surface area (Å²) >= 11 is 0. The van der Waals surface area contributed by atoms with Crippen molar-refractivity contribution in [1.29, 1.82) is 0 Å². The van der Waals surface area contributed by atoms with Crippen molar-refractivity contribution in [2.45, 2.75) is 118 Å². The smallest absolute Gasteiger partial charge is 0.331 e. The zero-order valence-electron chi connectivity index (χ0n) is 29.1. The van der Waals surface area contributed by atoms with Gasteiger partial charge in [-0.15, -0.1) is 0 Å². The van der Waals surface area contributed by atoms with Crippen LogP contribution in [0.25, 0.3) is 6.08 Å². The fourth-order valence-corrected chi connectivity index (χ4v) is 12.8. The molecule has 5 heteroatoms. The van der Waals surface area contributed by atoms with Gasteiger partial charge in [0, 0.05) is 11.5 Å². The van der Waals surface area contributed by atoms with Crippen LogP contribution in [0.3, 0.4) is 0 Å². The van der Waals surface area contributed by atoms with Crippen LogP contribution < -0.4 is 4.74 Å². The van der Waals surface area contributed by atoms with Crippen molar-refractivity contribution in [3.8, 4) is 11.5 Å². The number of methoxy groups -OCH3 is 1. The predicted molar refractivity (Wildman–Crippen MR) is 180 cm³/mol. The number of phenols is 1. The first-order valence-corrected chi connectivity index (χ1v) is 17.6. The predicted octanol–water partition coefficient (Wildman–Crippen LogP) is 8.97. The first-order valence-electron chi connectivity index (χ1n) is 17.6. The van der Waals surface area contributed by atoms with Gasteiger partial charge in [0.2, 0.25) is 0 Å². The first kappa shape index (κ1) is 32.7. The van der Waals surface area contributed by atoms with Gasteiger partial charge < -0.3 is 19.7 Å². The zero-order valence-corrected chi connectivity index (χ0v) is 29.1. The summed E-state index contributed by atoms with van der Waals surface area (Å²) in [5.74, 6) is 2.86. The summed E-state index contributed by atoms with van der Waals surface area (Å²) in [6.07, 6.45) is 12.8. The normalized spacial score (nSPS) is 45.1. The van der Waals surface area contributed by atoms with Crippen LogP contribution in [0.5, 0.6) is 11.5 Å². The number of esters is 1. The third-order valence-corrected chi connectivity index (χ3v) is 15.4. The molecule has 1 aromatic rings. The van der Waals surface area contributed by atoms with Gasteiger partial charge in [-0.3, -0.25) is 0 Å². The van der Waals surface area contributed by atoms with Crippen molar-refractivity contribution >= 4 is 12.0 Å². The molecule has 0 aromatic heterocycles. The van der Waals surface area contributed by atoms with Crippen LogP contribution in [0.2, 0.25) is 0 Å². The van der Waals surface area contributed by atoms with Crippen molar-refractivity contribution in [2.75, 3.05) is 7.11 Å². The molecule has 0 aliphatic heterocycles. The molecule has 45 heavy (non-hydrogen) atoms. The highest BCUT2D eigenvalue weighted by Crippen LogP contribution is 2.77. The van der Waals surface area contributed by atoms with Crippen molar-refractivity contribution in [1.82, 2.24) is 0 Å². The molecule has 5 saturated carbocycles. The van der Waals surface area contributed by atoms with Gasteiger partial charge in [-0.1, -0.05) is 59.8 Å². The van der Waals surface area contributed by atoms with E-state index in [0.29, 0.717) is 35.3 Å². The number of benzene rings is 1. The van der Waals surface area contributed by atoms with Crippen LogP contribution in [0, 0.1) is 56.7 Å². The lowest BCUT2D eigenvalue weighted by Gasteiger charge is -2.73. The highest BCUT2D eigenvalue weighted by Gasteiger charge is 2.72. The highest BCUT2D eigenvalue weighted by atomic mass is 16.5. The Morgan fingerprint density at radius 1 is 0.933 bits per heavy atom. The molecule has 0 bridgehead atoms. The third-order valence-electron chi connectivity index (χ3n) is 15.4. The molecule has 0 heterocycles. The number of phenolic OH excluding ortho intramolecular Hbond substituents is 1. The van der Waals surface area contributed by atoms with E-state index in [1.807, 2.05) is 0 Å². The SMILES string of the molecule is C=C(C)[C@@H]1CC[C@@]2(C)[C@H]1[C@@H]1CC[C@@H]3[C@@]4(C)CC[C@H](OC(=O)/C=C/c5ccc(O)c(OC)c5)C(C)(C)[C@H]4CC[C@@]3(C)[C@]1(C)C[C@@H]2O. The van der Waals surface area contributed by atoms with Crippen LogP contribution >= 0.6 is 0 Å². The maximum atomic E-state index is 13.1. The molecule has 0 amide bonds. The van der Waals surface area contributed by atoms with E-state index in [1.165, 1.54) is 44.4 Å². The Labute approximate surface area is 271 Å². The molecular formula is C40H58O5. The van der Waals surface area contributed by atoms with E-state index >= 15 is 0 Å². The van der Waals surface area contributed by atoms with Gasteiger partial charge in [-0.2, -0.15) is 0 Å². The average molecular weight is 619 g/mol. The summed E-state index contributed by atoms with van der Waals surface area (Å²) < 4.78 is 11.4. The van der Waals surface area contributed by atoms with Gasteiger partial charge in [-0.05, 0) is 140 Å². The van der Waals surface area contributed by atoms with E-state index in [2.05, 4.69) is 55.0 Å². The lowest BCUT2D eigenvalue weighted by atomic mass is 9.32. The number of hydrogen-bond donors (Lipinski definition) is 2. The fourth-order valence-electron chi connectivity index (χ4n) is 12.8. The number of carbonyl (C=O) groups is 1. The summed E-state index contributed by atoms with van der Waals surface area (Å²) in [5, 5.41) is 21.8. The summed E-state index contributed by atoms with van der Waals surface area (Å²) in [7, 11) is 1.51. The van der Waals surface area contributed by atoms with Crippen LogP contribution in [0.15, 0.2) is 36.4 Å². The van der Waals surface area contributed by atoms with Crippen molar-refractivity contribution in [3.05, 3.63) is 42.0 Å². The van der Waals surface area contributed by atoms with Gasteiger partial charge in [0.25, 0.3) is 0 Å². The monoisotopic (exact) mass is 618 g/mol. The van der Waals surface area contributed by atoms with Crippen LogP contribution in [0.1, 0.15) is 112 Å². The van der Waals surface area contributed by atoms with E-state index in [1.54, 1.807) is 24.3 Å². The molecule has 2 N–H and O–H groups in total. The fraction of sp³-hybridized carbons (Fsp3) is 0.725. The van der Waals surface area contributed by atoms with Crippen molar-refractivity contribution in [2.24, 2.45) is 56.7 Å².